The van der Waals surface area contributed by atoms with Crippen molar-refractivity contribution in [2.24, 2.45) is 7.05 Å². The summed E-state index contributed by atoms with van der Waals surface area (Å²) in [6.07, 6.45) is 3.71. The SMILES string of the molecule is Cc1c(C(C)OC(C)(C)C)c(-c2ccc(Cl)cc2)c2cc(-c3ccnc(-c4ccc5c(cnn5C)c4)c3)n3c2c1NCC3. The number of anilines is 1. The molecular weight excluding hydrogens is 554 g/mol. The molecule has 0 fully saturated rings. The van der Waals surface area contributed by atoms with Crippen LogP contribution in [0.2, 0.25) is 5.02 Å². The van der Waals surface area contributed by atoms with E-state index in [1.807, 2.05) is 36.3 Å². The van der Waals surface area contributed by atoms with Crippen LogP contribution >= 0.6 is 11.6 Å². The Balaban J connectivity index is 1.46. The lowest BCUT2D eigenvalue weighted by Crippen LogP contribution is -2.23. The molecule has 0 amide bonds. The first kappa shape index (κ1) is 27.7. The minimum absolute atomic E-state index is 0.114. The minimum Gasteiger partial charge on any atom is -0.381 e. The predicted molar refractivity (Wildman–Crippen MR) is 178 cm³/mol. The molecule has 0 spiro atoms. The molecule has 0 bridgehead atoms. The number of pyridine rings is 1. The summed E-state index contributed by atoms with van der Waals surface area (Å²) in [6, 6.07) is 21.3. The normalized spacial score (nSPS) is 13.9. The van der Waals surface area contributed by atoms with E-state index in [1.54, 1.807) is 0 Å². The summed E-state index contributed by atoms with van der Waals surface area (Å²) in [6.45, 7) is 12.5. The fraction of sp³-hybridized carbons (Fsp3) is 0.278. The number of rotatable bonds is 5. The first-order valence-electron chi connectivity index (χ1n) is 14.8. The maximum atomic E-state index is 6.60. The van der Waals surface area contributed by atoms with Gasteiger partial charge in [0.1, 0.15) is 0 Å². The number of halogens is 1. The Morgan fingerprint density at radius 2 is 1.74 bits per heavy atom. The van der Waals surface area contributed by atoms with Gasteiger partial charge in [-0.3, -0.25) is 9.67 Å². The van der Waals surface area contributed by atoms with Crippen LogP contribution in [0.1, 0.15) is 44.9 Å². The lowest BCUT2D eigenvalue weighted by atomic mass is 9.88. The number of aryl methyl sites for hydroxylation is 1. The molecule has 0 radical (unpaired) electrons. The number of hydrogen-bond donors (Lipinski definition) is 1. The maximum absolute atomic E-state index is 6.60. The van der Waals surface area contributed by atoms with Crippen LogP contribution in [0.3, 0.4) is 0 Å². The Hall–Kier alpha value is -4.13. The monoisotopic (exact) mass is 589 g/mol. The van der Waals surface area contributed by atoms with Crippen molar-refractivity contribution in [1.29, 1.82) is 0 Å². The van der Waals surface area contributed by atoms with E-state index in [1.165, 1.54) is 39.0 Å². The third-order valence-electron chi connectivity index (χ3n) is 8.46. The number of fused-ring (bicyclic) bond motifs is 1. The molecule has 6 nitrogen and oxygen atoms in total. The first-order valence-corrected chi connectivity index (χ1v) is 15.2. The van der Waals surface area contributed by atoms with Crippen molar-refractivity contribution in [3.8, 4) is 33.6 Å². The summed E-state index contributed by atoms with van der Waals surface area (Å²) < 4.78 is 11.0. The highest BCUT2D eigenvalue weighted by molar-refractivity contribution is 6.30. The molecule has 0 aliphatic carbocycles. The van der Waals surface area contributed by atoms with Gasteiger partial charge in [-0.25, -0.2) is 0 Å². The van der Waals surface area contributed by atoms with Crippen molar-refractivity contribution in [3.63, 3.8) is 0 Å². The molecule has 7 rings (SSSR count). The van der Waals surface area contributed by atoms with Gasteiger partial charge in [0.2, 0.25) is 0 Å². The van der Waals surface area contributed by atoms with Crippen molar-refractivity contribution in [2.75, 3.05) is 11.9 Å². The van der Waals surface area contributed by atoms with E-state index in [4.69, 9.17) is 21.3 Å². The highest BCUT2D eigenvalue weighted by Gasteiger charge is 2.29. The van der Waals surface area contributed by atoms with Crippen molar-refractivity contribution < 1.29 is 4.74 Å². The number of hydrogen-bond acceptors (Lipinski definition) is 4. The highest BCUT2D eigenvalue weighted by Crippen LogP contribution is 2.48. The fourth-order valence-electron chi connectivity index (χ4n) is 6.73. The Morgan fingerprint density at radius 3 is 2.51 bits per heavy atom. The van der Waals surface area contributed by atoms with Gasteiger partial charge >= 0.3 is 0 Å². The summed E-state index contributed by atoms with van der Waals surface area (Å²) in [5.74, 6) is 0. The molecule has 3 aromatic heterocycles. The molecule has 3 aromatic carbocycles. The molecule has 43 heavy (non-hydrogen) atoms. The van der Waals surface area contributed by atoms with Gasteiger partial charge < -0.3 is 14.6 Å². The van der Waals surface area contributed by atoms with E-state index in [-0.39, 0.29) is 11.7 Å². The summed E-state index contributed by atoms with van der Waals surface area (Å²) in [4.78, 5) is 4.77. The summed E-state index contributed by atoms with van der Waals surface area (Å²) in [7, 11) is 1.97. The van der Waals surface area contributed by atoms with Crippen molar-refractivity contribution >= 4 is 39.1 Å². The Bertz CT molecular complexity index is 2010. The van der Waals surface area contributed by atoms with E-state index < -0.39 is 0 Å². The minimum atomic E-state index is -0.286. The van der Waals surface area contributed by atoms with Gasteiger partial charge in [0, 0.05) is 58.9 Å². The number of aromatic nitrogens is 4. The van der Waals surface area contributed by atoms with Crippen LogP contribution in [0.4, 0.5) is 5.69 Å². The average Bonchev–Trinajstić information content (AvgIpc) is 3.55. The summed E-state index contributed by atoms with van der Waals surface area (Å²) >= 11 is 6.35. The lowest BCUT2D eigenvalue weighted by molar-refractivity contribution is -0.0528. The van der Waals surface area contributed by atoms with Gasteiger partial charge in [0.05, 0.1) is 40.3 Å². The van der Waals surface area contributed by atoms with Crippen LogP contribution < -0.4 is 5.32 Å². The smallest absolute Gasteiger partial charge is 0.0813 e. The van der Waals surface area contributed by atoms with E-state index in [0.717, 1.165) is 51.4 Å². The number of nitrogens with zero attached hydrogens (tertiary/aromatic N) is 4. The molecule has 1 unspecified atom stereocenters. The maximum Gasteiger partial charge on any atom is 0.0813 e. The fourth-order valence-corrected chi connectivity index (χ4v) is 6.86. The summed E-state index contributed by atoms with van der Waals surface area (Å²) in [5, 5.41) is 11.2. The second-order valence-electron chi connectivity index (χ2n) is 12.5. The zero-order valence-corrected chi connectivity index (χ0v) is 26.3. The van der Waals surface area contributed by atoms with Crippen molar-refractivity contribution in [3.05, 3.63) is 89.2 Å². The predicted octanol–water partition coefficient (Wildman–Crippen LogP) is 9.19. The molecule has 6 aromatic rings. The van der Waals surface area contributed by atoms with Crippen LogP contribution in [-0.2, 0) is 18.3 Å². The van der Waals surface area contributed by atoms with E-state index in [0.29, 0.717) is 0 Å². The first-order chi connectivity index (χ1) is 20.6. The van der Waals surface area contributed by atoms with Crippen LogP contribution in [-0.4, -0.2) is 31.5 Å². The number of benzene rings is 3. The van der Waals surface area contributed by atoms with E-state index in [9.17, 15) is 0 Å². The Kier molecular flexibility index (Phi) is 6.60. The van der Waals surface area contributed by atoms with E-state index in [2.05, 4.69) is 98.1 Å². The largest absolute Gasteiger partial charge is 0.381 e. The highest BCUT2D eigenvalue weighted by atomic mass is 35.5. The van der Waals surface area contributed by atoms with Gasteiger partial charge in [-0.05, 0) is 99.3 Å². The third-order valence-corrected chi connectivity index (χ3v) is 8.71. The van der Waals surface area contributed by atoms with Gasteiger partial charge in [0.25, 0.3) is 0 Å². The van der Waals surface area contributed by atoms with Gasteiger partial charge in [-0.2, -0.15) is 5.10 Å². The molecule has 1 aliphatic rings. The standard InChI is InChI=1S/C36H36ClN5O/c1-21-32(22(2)43-36(3,4)5)33(23-7-10-27(37)11-8-23)28-19-31(42-16-15-39-34(21)35(28)42)25-13-14-38-29(18-25)24-9-12-30-26(17-24)20-40-41(30)6/h7-14,17-20,22,39H,15-16H2,1-6H3. The Labute approximate surface area is 257 Å². The molecule has 1 aliphatic heterocycles. The van der Waals surface area contributed by atoms with Gasteiger partial charge in [-0.1, -0.05) is 29.8 Å². The van der Waals surface area contributed by atoms with Gasteiger partial charge in [-0.15, -0.1) is 0 Å². The second-order valence-corrected chi connectivity index (χ2v) is 12.9. The van der Waals surface area contributed by atoms with Crippen LogP contribution in [0.5, 0.6) is 0 Å². The molecule has 1 N–H and O–H groups in total. The Morgan fingerprint density at radius 1 is 0.977 bits per heavy atom. The third kappa shape index (κ3) is 4.79. The number of ether oxygens (including phenoxy) is 1. The molecular formula is C36H36ClN5O. The van der Waals surface area contributed by atoms with Crippen molar-refractivity contribution in [1.82, 2.24) is 19.3 Å². The zero-order valence-electron chi connectivity index (χ0n) is 25.5. The lowest BCUT2D eigenvalue weighted by Gasteiger charge is -2.31. The molecule has 218 valence electrons. The van der Waals surface area contributed by atoms with Crippen LogP contribution in [0, 0.1) is 6.92 Å². The van der Waals surface area contributed by atoms with Crippen LogP contribution in [0.15, 0.2) is 73.1 Å². The van der Waals surface area contributed by atoms with E-state index >= 15 is 0 Å². The summed E-state index contributed by atoms with van der Waals surface area (Å²) in [5.41, 5.74) is 12.3. The topological polar surface area (TPSA) is 56.9 Å². The van der Waals surface area contributed by atoms with Crippen molar-refractivity contribution in [2.45, 2.75) is 52.9 Å². The number of nitrogens with one attached hydrogen (secondary N) is 1. The average molecular weight is 590 g/mol. The molecule has 7 heteroatoms. The molecule has 0 saturated carbocycles. The zero-order chi connectivity index (χ0) is 30.0. The van der Waals surface area contributed by atoms with Gasteiger partial charge in [0.15, 0.2) is 0 Å². The molecule has 1 atom stereocenters. The van der Waals surface area contributed by atoms with Crippen LogP contribution in [0.25, 0.3) is 55.4 Å². The second kappa shape index (κ2) is 10.2. The molecule has 4 heterocycles. The molecule has 0 saturated heterocycles. The quantitative estimate of drug-likeness (QED) is 0.218.